The molecule has 0 aliphatic rings. The Kier molecular flexibility index (Phi) is 3.56. The first kappa shape index (κ1) is 12.3. The molecule has 0 aromatic heterocycles. The number of rotatable bonds is 3. The molecule has 0 radical (unpaired) electrons. The maximum Gasteiger partial charge on any atom is 0.00187 e. The van der Waals surface area contributed by atoms with Crippen molar-refractivity contribution in [3.8, 4) is 0 Å². The van der Waals surface area contributed by atoms with Crippen molar-refractivity contribution < 1.29 is 0 Å². The lowest BCUT2D eigenvalue weighted by molar-refractivity contribution is 0.437. The summed E-state index contributed by atoms with van der Waals surface area (Å²) in [5.74, 6) is 0. The SMILES string of the molecule is Cc1ccc(C(C)(C)CC(C)N)cc1C. The topological polar surface area (TPSA) is 26.0 Å². The average molecular weight is 205 g/mol. The third kappa shape index (κ3) is 3.07. The molecular weight excluding hydrogens is 182 g/mol. The van der Waals surface area contributed by atoms with Gasteiger partial charge >= 0.3 is 0 Å². The molecule has 0 heterocycles. The van der Waals surface area contributed by atoms with Crippen LogP contribution in [0.4, 0.5) is 0 Å². The van der Waals surface area contributed by atoms with E-state index in [0.29, 0.717) is 0 Å². The second-order valence-corrected chi connectivity index (χ2v) is 5.36. The Morgan fingerprint density at radius 3 is 2.27 bits per heavy atom. The van der Waals surface area contributed by atoms with Gasteiger partial charge in [0.15, 0.2) is 0 Å². The number of hydrogen-bond acceptors (Lipinski definition) is 1. The van der Waals surface area contributed by atoms with E-state index in [9.17, 15) is 0 Å². The molecule has 2 N–H and O–H groups in total. The Labute approximate surface area is 93.7 Å². The highest BCUT2D eigenvalue weighted by atomic mass is 14.6. The highest BCUT2D eigenvalue weighted by Gasteiger charge is 2.22. The van der Waals surface area contributed by atoms with Crippen LogP contribution in [-0.4, -0.2) is 6.04 Å². The van der Waals surface area contributed by atoms with Crippen molar-refractivity contribution in [2.75, 3.05) is 0 Å². The van der Waals surface area contributed by atoms with Gasteiger partial charge in [-0.15, -0.1) is 0 Å². The van der Waals surface area contributed by atoms with Crippen LogP contribution in [0.3, 0.4) is 0 Å². The molecule has 0 fully saturated rings. The molecule has 1 nitrogen and oxygen atoms in total. The molecule has 0 spiro atoms. The molecule has 0 saturated heterocycles. The molecule has 0 aliphatic carbocycles. The van der Waals surface area contributed by atoms with Crippen LogP contribution in [0.5, 0.6) is 0 Å². The average Bonchev–Trinajstić information content (AvgIpc) is 2.07. The highest BCUT2D eigenvalue weighted by molar-refractivity contribution is 5.34. The molecule has 0 amide bonds. The molecule has 0 aliphatic heterocycles. The number of hydrogen-bond donors (Lipinski definition) is 1. The van der Waals surface area contributed by atoms with Crippen molar-refractivity contribution in [1.82, 2.24) is 0 Å². The van der Waals surface area contributed by atoms with E-state index in [1.54, 1.807) is 0 Å². The first-order chi connectivity index (χ1) is 6.83. The van der Waals surface area contributed by atoms with Crippen molar-refractivity contribution in [2.45, 2.75) is 52.5 Å². The van der Waals surface area contributed by atoms with Gasteiger partial charge in [0.05, 0.1) is 0 Å². The van der Waals surface area contributed by atoms with E-state index in [1.807, 2.05) is 0 Å². The monoisotopic (exact) mass is 205 g/mol. The zero-order valence-electron chi connectivity index (χ0n) is 10.6. The Hall–Kier alpha value is -0.820. The molecular formula is C14H23N. The summed E-state index contributed by atoms with van der Waals surface area (Å²) < 4.78 is 0. The zero-order chi connectivity index (χ0) is 11.6. The maximum absolute atomic E-state index is 5.88. The van der Waals surface area contributed by atoms with Crippen LogP contribution in [0.2, 0.25) is 0 Å². The summed E-state index contributed by atoms with van der Waals surface area (Å²) in [6.07, 6.45) is 1.02. The first-order valence-electron chi connectivity index (χ1n) is 5.66. The first-order valence-corrected chi connectivity index (χ1v) is 5.66. The Balaban J connectivity index is 2.99. The molecule has 1 heteroatoms. The van der Waals surface area contributed by atoms with Gasteiger partial charge in [-0.1, -0.05) is 32.0 Å². The van der Waals surface area contributed by atoms with Gasteiger partial charge in [-0.2, -0.15) is 0 Å². The van der Waals surface area contributed by atoms with E-state index in [4.69, 9.17) is 5.73 Å². The van der Waals surface area contributed by atoms with E-state index in [1.165, 1.54) is 16.7 Å². The summed E-state index contributed by atoms with van der Waals surface area (Å²) in [7, 11) is 0. The van der Waals surface area contributed by atoms with Gasteiger partial charge < -0.3 is 5.73 Å². The Morgan fingerprint density at radius 1 is 1.20 bits per heavy atom. The lowest BCUT2D eigenvalue weighted by atomic mass is 9.78. The van der Waals surface area contributed by atoms with Gasteiger partial charge in [0.25, 0.3) is 0 Å². The molecule has 1 rings (SSSR count). The van der Waals surface area contributed by atoms with E-state index >= 15 is 0 Å². The van der Waals surface area contributed by atoms with Gasteiger partial charge in [0.1, 0.15) is 0 Å². The lowest BCUT2D eigenvalue weighted by Gasteiger charge is -2.28. The predicted octanol–water partition coefficient (Wildman–Crippen LogP) is 3.32. The lowest BCUT2D eigenvalue weighted by Crippen LogP contribution is -2.28. The normalized spacial score (nSPS) is 14.0. The molecule has 0 saturated carbocycles. The Morgan fingerprint density at radius 2 is 1.80 bits per heavy atom. The number of benzene rings is 1. The third-order valence-electron chi connectivity index (χ3n) is 3.12. The van der Waals surface area contributed by atoms with Gasteiger partial charge in [-0.05, 0) is 49.3 Å². The van der Waals surface area contributed by atoms with Gasteiger partial charge in [0, 0.05) is 6.04 Å². The van der Waals surface area contributed by atoms with E-state index in [0.717, 1.165) is 6.42 Å². The van der Waals surface area contributed by atoms with Crippen molar-refractivity contribution in [2.24, 2.45) is 5.73 Å². The summed E-state index contributed by atoms with van der Waals surface area (Å²) in [4.78, 5) is 0. The minimum absolute atomic E-state index is 0.173. The second-order valence-electron chi connectivity index (χ2n) is 5.36. The second kappa shape index (κ2) is 4.36. The van der Waals surface area contributed by atoms with Gasteiger partial charge in [-0.25, -0.2) is 0 Å². The third-order valence-corrected chi connectivity index (χ3v) is 3.12. The largest absolute Gasteiger partial charge is 0.328 e. The molecule has 84 valence electrons. The fraction of sp³-hybridized carbons (Fsp3) is 0.571. The quantitative estimate of drug-likeness (QED) is 0.805. The standard InChI is InChI=1S/C14H23N/c1-10-6-7-13(8-11(10)2)14(4,5)9-12(3)15/h6-8,12H,9,15H2,1-5H3. The van der Waals surface area contributed by atoms with Crippen LogP contribution < -0.4 is 5.73 Å². The van der Waals surface area contributed by atoms with E-state index < -0.39 is 0 Å². The Bertz CT molecular complexity index is 337. The van der Waals surface area contributed by atoms with Crippen LogP contribution in [0.15, 0.2) is 18.2 Å². The summed E-state index contributed by atoms with van der Waals surface area (Å²) in [5, 5.41) is 0. The van der Waals surface area contributed by atoms with E-state index in [2.05, 4.69) is 52.8 Å². The van der Waals surface area contributed by atoms with Crippen LogP contribution in [0, 0.1) is 13.8 Å². The van der Waals surface area contributed by atoms with Crippen molar-refractivity contribution >= 4 is 0 Å². The zero-order valence-corrected chi connectivity index (χ0v) is 10.6. The smallest absolute Gasteiger partial charge is 0.00187 e. The highest BCUT2D eigenvalue weighted by Crippen LogP contribution is 2.29. The van der Waals surface area contributed by atoms with Crippen LogP contribution in [-0.2, 0) is 5.41 Å². The number of aryl methyl sites for hydroxylation is 2. The fourth-order valence-corrected chi connectivity index (χ4v) is 2.09. The molecule has 1 unspecified atom stereocenters. The van der Waals surface area contributed by atoms with Crippen LogP contribution in [0.25, 0.3) is 0 Å². The molecule has 1 aromatic rings. The number of nitrogens with two attached hydrogens (primary N) is 1. The summed E-state index contributed by atoms with van der Waals surface area (Å²) in [5.41, 5.74) is 10.2. The summed E-state index contributed by atoms with van der Waals surface area (Å²) >= 11 is 0. The van der Waals surface area contributed by atoms with Gasteiger partial charge in [0.2, 0.25) is 0 Å². The van der Waals surface area contributed by atoms with Crippen molar-refractivity contribution in [1.29, 1.82) is 0 Å². The molecule has 0 bridgehead atoms. The van der Waals surface area contributed by atoms with Crippen LogP contribution >= 0.6 is 0 Å². The molecule has 1 aromatic carbocycles. The maximum atomic E-state index is 5.88. The van der Waals surface area contributed by atoms with Gasteiger partial charge in [-0.3, -0.25) is 0 Å². The summed E-state index contributed by atoms with van der Waals surface area (Å²) in [6, 6.07) is 6.97. The molecule has 1 atom stereocenters. The summed E-state index contributed by atoms with van der Waals surface area (Å²) in [6.45, 7) is 10.9. The minimum Gasteiger partial charge on any atom is -0.328 e. The fourth-order valence-electron chi connectivity index (χ4n) is 2.09. The van der Waals surface area contributed by atoms with E-state index in [-0.39, 0.29) is 11.5 Å². The minimum atomic E-state index is 0.173. The predicted molar refractivity (Wildman–Crippen MR) is 67.2 cm³/mol. The van der Waals surface area contributed by atoms with Crippen molar-refractivity contribution in [3.05, 3.63) is 34.9 Å². The van der Waals surface area contributed by atoms with Crippen molar-refractivity contribution in [3.63, 3.8) is 0 Å². The molecule has 15 heavy (non-hydrogen) atoms. The van der Waals surface area contributed by atoms with Crippen LogP contribution in [0.1, 0.15) is 43.9 Å².